The number of aliphatic imine (C=N–C) groups is 1. The zero-order chi connectivity index (χ0) is 23.4. The van der Waals surface area contributed by atoms with Crippen molar-refractivity contribution in [1.29, 1.82) is 0 Å². The monoisotopic (exact) mass is 459 g/mol. The number of rotatable bonds is 8. The molecule has 0 unspecified atom stereocenters. The maximum Gasteiger partial charge on any atom is 0.294 e. The van der Waals surface area contributed by atoms with Crippen LogP contribution in [0.25, 0.3) is 10.9 Å². The highest BCUT2D eigenvalue weighted by molar-refractivity contribution is 7.85. The fraction of sp³-hybridized carbons (Fsp3) is 0.273. The Morgan fingerprint density at radius 1 is 1.22 bits per heavy atom. The quantitative estimate of drug-likeness (QED) is 0.133. The van der Waals surface area contributed by atoms with E-state index in [-0.39, 0.29) is 4.90 Å². The van der Waals surface area contributed by atoms with Crippen molar-refractivity contribution >= 4 is 33.2 Å². The molecule has 0 aliphatic rings. The van der Waals surface area contributed by atoms with Gasteiger partial charge in [-0.05, 0) is 36.8 Å². The topological polar surface area (TPSA) is 142 Å². The van der Waals surface area contributed by atoms with Crippen molar-refractivity contribution in [1.82, 2.24) is 10.4 Å². The highest BCUT2D eigenvalue weighted by atomic mass is 32.2. The van der Waals surface area contributed by atoms with Crippen molar-refractivity contribution in [3.63, 3.8) is 0 Å². The maximum atomic E-state index is 10.4. The van der Waals surface area contributed by atoms with E-state index >= 15 is 0 Å². The molecule has 5 N–H and O–H groups in total. The number of hydrazone groups is 1. The molecule has 0 fully saturated rings. The van der Waals surface area contributed by atoms with Gasteiger partial charge < -0.3 is 15.5 Å². The minimum atomic E-state index is -4.00. The number of methoxy groups -OCH3 is 1. The van der Waals surface area contributed by atoms with Crippen LogP contribution < -0.4 is 15.9 Å². The number of benzene rings is 2. The summed E-state index contributed by atoms with van der Waals surface area (Å²) < 4.78 is 34.5. The minimum Gasteiger partial charge on any atom is -0.497 e. The molecule has 0 radical (unpaired) electrons. The van der Waals surface area contributed by atoms with E-state index in [2.05, 4.69) is 27.4 Å². The van der Waals surface area contributed by atoms with E-state index in [4.69, 9.17) is 15.0 Å². The first-order valence-electron chi connectivity index (χ1n) is 10.1. The molecule has 0 aliphatic heterocycles. The van der Waals surface area contributed by atoms with Gasteiger partial charge in [0.05, 0.1) is 18.2 Å². The van der Waals surface area contributed by atoms with Gasteiger partial charge in [0.15, 0.2) is 0 Å². The molecular weight excluding hydrogens is 430 g/mol. The Hall–Kier alpha value is -3.37. The summed E-state index contributed by atoms with van der Waals surface area (Å²) in [6, 6.07) is 13.3. The zero-order valence-corrected chi connectivity index (χ0v) is 19.0. The first-order valence-corrected chi connectivity index (χ1v) is 11.6. The Morgan fingerprint density at radius 2 is 1.97 bits per heavy atom. The van der Waals surface area contributed by atoms with Crippen molar-refractivity contribution in [2.75, 3.05) is 13.7 Å². The molecule has 3 rings (SSSR count). The number of guanidine groups is 1. The molecule has 0 amide bonds. The smallest absolute Gasteiger partial charge is 0.294 e. The predicted molar refractivity (Wildman–Crippen MR) is 128 cm³/mol. The van der Waals surface area contributed by atoms with Crippen LogP contribution in [0.5, 0.6) is 5.75 Å². The molecule has 2 aromatic carbocycles. The second-order valence-corrected chi connectivity index (χ2v) is 8.21. The van der Waals surface area contributed by atoms with Crippen LogP contribution in [-0.2, 0) is 10.1 Å². The maximum absolute atomic E-state index is 10.4. The van der Waals surface area contributed by atoms with E-state index in [9.17, 15) is 8.42 Å². The summed E-state index contributed by atoms with van der Waals surface area (Å²) in [5.74, 6) is 1.15. The lowest BCUT2D eigenvalue weighted by Gasteiger charge is -2.00. The molecular formula is C22H29N5O4S. The number of aromatic amines is 1. The van der Waals surface area contributed by atoms with Crippen LogP contribution in [0.15, 0.2) is 69.7 Å². The van der Waals surface area contributed by atoms with Gasteiger partial charge in [-0.15, -0.1) is 0 Å². The molecule has 10 heteroatoms. The Bertz CT molecular complexity index is 1140. The summed E-state index contributed by atoms with van der Waals surface area (Å²) in [5, 5.41) is 5.17. The van der Waals surface area contributed by atoms with Crippen molar-refractivity contribution < 1.29 is 17.7 Å². The standard InChI is InChI=1S/C16H23N5O.C6H6O3S/c1-3-4-5-8-18-16(17)21-20-11-12-10-19-15-7-6-13(22-2)9-14(12)15;7-10(8,9)6-4-2-1-3-5-6/h6-7,9-11,19H,3-5,8H2,1-2H3,(H3,17,18,21);1-5H,(H,7,8,9)/b20-11-;. The van der Waals surface area contributed by atoms with Gasteiger partial charge >= 0.3 is 0 Å². The second-order valence-electron chi connectivity index (χ2n) is 6.79. The first-order chi connectivity index (χ1) is 15.3. The van der Waals surface area contributed by atoms with Crippen molar-refractivity contribution in [3.05, 3.63) is 60.3 Å². The molecule has 0 atom stereocenters. The molecule has 32 heavy (non-hydrogen) atoms. The summed E-state index contributed by atoms with van der Waals surface area (Å²) in [5.41, 5.74) is 10.5. The lowest BCUT2D eigenvalue weighted by molar-refractivity contribution is 0.415. The van der Waals surface area contributed by atoms with E-state index < -0.39 is 10.1 Å². The van der Waals surface area contributed by atoms with E-state index in [1.807, 2.05) is 24.4 Å². The zero-order valence-electron chi connectivity index (χ0n) is 18.2. The van der Waals surface area contributed by atoms with Crippen LogP contribution in [0.4, 0.5) is 0 Å². The van der Waals surface area contributed by atoms with E-state index in [1.165, 1.54) is 18.6 Å². The second kappa shape index (κ2) is 12.5. The van der Waals surface area contributed by atoms with Crippen LogP contribution in [0.3, 0.4) is 0 Å². The van der Waals surface area contributed by atoms with Gasteiger partial charge in [0.2, 0.25) is 5.96 Å². The van der Waals surface area contributed by atoms with E-state index in [0.717, 1.165) is 41.6 Å². The predicted octanol–water partition coefficient (Wildman–Crippen LogP) is 3.54. The van der Waals surface area contributed by atoms with Crippen LogP contribution >= 0.6 is 0 Å². The summed E-state index contributed by atoms with van der Waals surface area (Å²) >= 11 is 0. The lowest BCUT2D eigenvalue weighted by atomic mass is 10.2. The number of hydrogen-bond acceptors (Lipinski definition) is 5. The minimum absolute atomic E-state index is 0.0741. The molecule has 1 heterocycles. The van der Waals surface area contributed by atoms with Gasteiger partial charge in [-0.3, -0.25) is 9.55 Å². The van der Waals surface area contributed by atoms with Crippen LogP contribution in [0.1, 0.15) is 31.7 Å². The SMILES string of the molecule is CCCCCN=C(N)N/N=C\c1c[nH]c2ccc(OC)cc12.O=S(=O)(O)c1ccccc1. The third-order valence-electron chi connectivity index (χ3n) is 4.39. The number of ether oxygens (including phenoxy) is 1. The third kappa shape index (κ3) is 8.05. The number of unbranched alkanes of at least 4 members (excludes halogenated alkanes) is 2. The number of H-pyrrole nitrogens is 1. The number of nitrogens with zero attached hydrogens (tertiary/aromatic N) is 2. The normalized spacial score (nSPS) is 11.9. The average Bonchev–Trinajstić information content (AvgIpc) is 3.19. The number of nitrogens with one attached hydrogen (secondary N) is 2. The molecule has 3 aromatic rings. The highest BCUT2D eigenvalue weighted by Gasteiger charge is 2.06. The summed E-state index contributed by atoms with van der Waals surface area (Å²) in [7, 11) is -2.35. The average molecular weight is 460 g/mol. The van der Waals surface area contributed by atoms with Gasteiger partial charge in [-0.25, -0.2) is 5.43 Å². The molecule has 0 saturated carbocycles. The number of hydrogen-bond donors (Lipinski definition) is 4. The van der Waals surface area contributed by atoms with Crippen LogP contribution in [0.2, 0.25) is 0 Å². The Kier molecular flexibility index (Phi) is 9.71. The summed E-state index contributed by atoms with van der Waals surface area (Å²) in [6.45, 7) is 2.89. The van der Waals surface area contributed by atoms with Gasteiger partial charge in [-0.1, -0.05) is 38.0 Å². The number of aromatic nitrogens is 1. The van der Waals surface area contributed by atoms with E-state index in [1.54, 1.807) is 31.5 Å². The van der Waals surface area contributed by atoms with Gasteiger partial charge in [-0.2, -0.15) is 13.5 Å². The van der Waals surface area contributed by atoms with Crippen LogP contribution in [0, 0.1) is 0 Å². The van der Waals surface area contributed by atoms with Crippen molar-refractivity contribution in [3.8, 4) is 5.75 Å². The Balaban J connectivity index is 0.000000303. The molecule has 0 bridgehead atoms. The summed E-state index contributed by atoms with van der Waals surface area (Å²) in [4.78, 5) is 7.33. The number of nitrogens with two attached hydrogens (primary N) is 1. The van der Waals surface area contributed by atoms with Gasteiger partial charge in [0, 0.05) is 29.2 Å². The Labute approximate surface area is 188 Å². The number of fused-ring (bicyclic) bond motifs is 1. The molecule has 1 aromatic heterocycles. The molecule has 0 saturated heterocycles. The summed E-state index contributed by atoms with van der Waals surface area (Å²) in [6.07, 6.45) is 6.99. The van der Waals surface area contributed by atoms with Gasteiger partial charge in [0.25, 0.3) is 10.1 Å². The van der Waals surface area contributed by atoms with Gasteiger partial charge in [0.1, 0.15) is 5.75 Å². The Morgan fingerprint density at radius 3 is 2.59 bits per heavy atom. The van der Waals surface area contributed by atoms with Crippen molar-refractivity contribution in [2.45, 2.75) is 31.1 Å². The van der Waals surface area contributed by atoms with E-state index in [0.29, 0.717) is 5.96 Å². The van der Waals surface area contributed by atoms with Crippen LogP contribution in [-0.4, -0.2) is 43.8 Å². The molecule has 0 spiro atoms. The van der Waals surface area contributed by atoms with Crippen molar-refractivity contribution in [2.24, 2.45) is 15.8 Å². The lowest BCUT2D eigenvalue weighted by Crippen LogP contribution is -2.27. The molecule has 172 valence electrons. The largest absolute Gasteiger partial charge is 0.497 e. The molecule has 0 aliphatic carbocycles. The fourth-order valence-electron chi connectivity index (χ4n) is 2.71. The first kappa shape index (κ1) is 24.9. The highest BCUT2D eigenvalue weighted by Crippen LogP contribution is 2.22. The third-order valence-corrected chi connectivity index (χ3v) is 5.26. The fourth-order valence-corrected chi connectivity index (χ4v) is 3.21. The molecule has 9 nitrogen and oxygen atoms in total.